The summed E-state index contributed by atoms with van der Waals surface area (Å²) in [4.78, 5) is 18.5. The molecular weight excluding hydrogens is 323 g/mol. The summed E-state index contributed by atoms with van der Waals surface area (Å²) in [5.41, 5.74) is 3.40. The van der Waals surface area contributed by atoms with E-state index in [0.717, 1.165) is 7.11 Å². The Morgan fingerprint density at radius 3 is 2.32 bits per heavy atom. The first-order chi connectivity index (χ1) is 10.2. The smallest absolute Gasteiger partial charge is 0.435 e. The number of nitrogens with two attached hydrogens (primary N) is 1. The Balaban J connectivity index is 2.67. The van der Waals surface area contributed by atoms with Gasteiger partial charge in [0.15, 0.2) is 17.2 Å². The van der Waals surface area contributed by atoms with Crippen molar-refractivity contribution in [1.82, 2.24) is 9.97 Å². The van der Waals surface area contributed by atoms with Gasteiger partial charge in [-0.15, -0.1) is 0 Å². The second-order valence-corrected chi connectivity index (χ2v) is 4.59. The standard InChI is InChI=1S/C13H9ClF3N3O2/c1-22-12(21)9-10(13(15,16)17)20-11(18)8(19-9)6-2-4-7(14)5-3-6/h2-5H,1H3,(H2,18,20). The Morgan fingerprint density at radius 1 is 1.23 bits per heavy atom. The number of ether oxygens (including phenoxy) is 1. The third-order valence-corrected chi connectivity index (χ3v) is 2.94. The zero-order valence-electron chi connectivity index (χ0n) is 11.1. The fourth-order valence-corrected chi connectivity index (χ4v) is 1.83. The van der Waals surface area contributed by atoms with Gasteiger partial charge in [0.2, 0.25) is 0 Å². The normalized spacial score (nSPS) is 11.3. The van der Waals surface area contributed by atoms with Crippen molar-refractivity contribution >= 4 is 23.4 Å². The summed E-state index contributed by atoms with van der Waals surface area (Å²) >= 11 is 5.74. The van der Waals surface area contributed by atoms with Gasteiger partial charge in [0.05, 0.1) is 7.11 Å². The second-order valence-electron chi connectivity index (χ2n) is 4.15. The van der Waals surface area contributed by atoms with Gasteiger partial charge < -0.3 is 10.5 Å². The SMILES string of the molecule is COC(=O)c1nc(-c2ccc(Cl)cc2)c(N)nc1C(F)(F)F. The van der Waals surface area contributed by atoms with E-state index in [9.17, 15) is 18.0 Å². The van der Waals surface area contributed by atoms with E-state index in [2.05, 4.69) is 14.7 Å². The number of carbonyl (C=O) groups excluding carboxylic acids is 1. The number of halogens is 4. The zero-order valence-corrected chi connectivity index (χ0v) is 11.9. The molecule has 0 saturated heterocycles. The van der Waals surface area contributed by atoms with Crippen LogP contribution in [0.2, 0.25) is 5.02 Å². The highest BCUT2D eigenvalue weighted by molar-refractivity contribution is 6.30. The molecule has 0 radical (unpaired) electrons. The average Bonchev–Trinajstić information content (AvgIpc) is 2.46. The quantitative estimate of drug-likeness (QED) is 0.855. The fourth-order valence-electron chi connectivity index (χ4n) is 1.71. The number of esters is 1. The van der Waals surface area contributed by atoms with Gasteiger partial charge >= 0.3 is 12.1 Å². The number of methoxy groups -OCH3 is 1. The number of hydrogen-bond donors (Lipinski definition) is 1. The highest BCUT2D eigenvalue weighted by Gasteiger charge is 2.39. The molecule has 5 nitrogen and oxygen atoms in total. The van der Waals surface area contributed by atoms with Crippen LogP contribution in [-0.4, -0.2) is 23.0 Å². The number of benzene rings is 1. The first-order valence-electron chi connectivity index (χ1n) is 5.83. The van der Waals surface area contributed by atoms with Gasteiger partial charge in [0.25, 0.3) is 0 Å². The lowest BCUT2D eigenvalue weighted by molar-refractivity contribution is -0.141. The van der Waals surface area contributed by atoms with Crippen molar-refractivity contribution in [2.24, 2.45) is 0 Å². The molecule has 2 aromatic rings. The summed E-state index contributed by atoms with van der Waals surface area (Å²) in [6.45, 7) is 0. The molecule has 22 heavy (non-hydrogen) atoms. The zero-order chi connectivity index (χ0) is 16.5. The molecule has 116 valence electrons. The summed E-state index contributed by atoms with van der Waals surface area (Å²) in [7, 11) is 0.947. The van der Waals surface area contributed by atoms with Crippen molar-refractivity contribution in [2.45, 2.75) is 6.18 Å². The van der Waals surface area contributed by atoms with Crippen molar-refractivity contribution in [3.05, 3.63) is 40.7 Å². The first kappa shape index (κ1) is 16.0. The molecule has 1 heterocycles. The molecule has 0 fully saturated rings. The lowest BCUT2D eigenvalue weighted by Crippen LogP contribution is -2.20. The number of hydrogen-bond acceptors (Lipinski definition) is 5. The summed E-state index contributed by atoms with van der Waals surface area (Å²) in [6, 6.07) is 6.01. The van der Waals surface area contributed by atoms with E-state index in [-0.39, 0.29) is 5.69 Å². The minimum atomic E-state index is -4.89. The van der Waals surface area contributed by atoms with Crippen LogP contribution in [0.4, 0.5) is 19.0 Å². The van der Waals surface area contributed by atoms with E-state index in [0.29, 0.717) is 10.6 Å². The third-order valence-electron chi connectivity index (χ3n) is 2.69. The maximum Gasteiger partial charge on any atom is 0.435 e. The Morgan fingerprint density at radius 2 is 1.82 bits per heavy atom. The number of carbonyl (C=O) groups is 1. The molecule has 0 aliphatic heterocycles. The van der Waals surface area contributed by atoms with Crippen LogP contribution >= 0.6 is 11.6 Å². The van der Waals surface area contributed by atoms with Crippen LogP contribution in [0.1, 0.15) is 16.2 Å². The summed E-state index contributed by atoms with van der Waals surface area (Å²) in [6.07, 6.45) is -4.89. The Labute approximate surface area is 127 Å². The van der Waals surface area contributed by atoms with E-state index >= 15 is 0 Å². The molecule has 2 rings (SSSR count). The molecule has 2 N–H and O–H groups in total. The van der Waals surface area contributed by atoms with E-state index in [4.69, 9.17) is 17.3 Å². The van der Waals surface area contributed by atoms with Gasteiger partial charge in [0, 0.05) is 10.6 Å². The highest BCUT2D eigenvalue weighted by atomic mass is 35.5. The fraction of sp³-hybridized carbons (Fsp3) is 0.154. The van der Waals surface area contributed by atoms with Gasteiger partial charge in [0.1, 0.15) is 5.69 Å². The number of nitrogens with zero attached hydrogens (tertiary/aromatic N) is 2. The van der Waals surface area contributed by atoms with Crippen LogP contribution < -0.4 is 5.73 Å². The van der Waals surface area contributed by atoms with Crippen molar-refractivity contribution in [1.29, 1.82) is 0 Å². The number of aromatic nitrogens is 2. The van der Waals surface area contributed by atoms with E-state index in [1.165, 1.54) is 24.3 Å². The molecule has 0 atom stereocenters. The largest absolute Gasteiger partial charge is 0.464 e. The number of anilines is 1. The molecule has 1 aromatic carbocycles. The topological polar surface area (TPSA) is 78.1 Å². The maximum atomic E-state index is 12.9. The predicted octanol–water partition coefficient (Wildman–Crippen LogP) is 3.18. The monoisotopic (exact) mass is 331 g/mol. The molecule has 0 aliphatic carbocycles. The van der Waals surface area contributed by atoms with Crippen LogP contribution in [0.3, 0.4) is 0 Å². The highest BCUT2D eigenvalue weighted by Crippen LogP contribution is 2.33. The summed E-state index contributed by atoms with van der Waals surface area (Å²) in [5.74, 6) is -1.71. The molecule has 0 bridgehead atoms. The van der Waals surface area contributed by atoms with E-state index in [1.807, 2.05) is 0 Å². The number of alkyl halides is 3. The van der Waals surface area contributed by atoms with Crippen LogP contribution in [0.25, 0.3) is 11.3 Å². The van der Waals surface area contributed by atoms with Gasteiger partial charge in [-0.3, -0.25) is 0 Å². The van der Waals surface area contributed by atoms with Crippen molar-refractivity contribution < 1.29 is 22.7 Å². The lowest BCUT2D eigenvalue weighted by Gasteiger charge is -2.13. The van der Waals surface area contributed by atoms with E-state index < -0.39 is 29.4 Å². The maximum absolute atomic E-state index is 12.9. The Kier molecular flexibility index (Phi) is 4.23. The lowest BCUT2D eigenvalue weighted by atomic mass is 10.1. The Hall–Kier alpha value is -2.35. The van der Waals surface area contributed by atoms with Crippen LogP contribution in [0.15, 0.2) is 24.3 Å². The van der Waals surface area contributed by atoms with Gasteiger partial charge in [-0.1, -0.05) is 23.7 Å². The molecule has 0 saturated carbocycles. The van der Waals surface area contributed by atoms with Crippen LogP contribution in [-0.2, 0) is 10.9 Å². The molecule has 0 spiro atoms. The molecular formula is C13H9ClF3N3O2. The minimum Gasteiger partial charge on any atom is -0.464 e. The minimum absolute atomic E-state index is 0.0648. The molecule has 1 aromatic heterocycles. The third kappa shape index (κ3) is 3.11. The number of rotatable bonds is 2. The first-order valence-corrected chi connectivity index (χ1v) is 6.20. The molecule has 0 unspecified atom stereocenters. The average molecular weight is 332 g/mol. The van der Waals surface area contributed by atoms with Gasteiger partial charge in [-0.25, -0.2) is 14.8 Å². The predicted molar refractivity (Wildman–Crippen MR) is 73.2 cm³/mol. The summed E-state index contributed by atoms with van der Waals surface area (Å²) < 4.78 is 43.1. The molecule has 0 aliphatic rings. The second kappa shape index (κ2) is 5.80. The van der Waals surface area contributed by atoms with E-state index in [1.54, 1.807) is 0 Å². The van der Waals surface area contributed by atoms with Crippen LogP contribution in [0, 0.1) is 0 Å². The number of nitrogen functional groups attached to an aromatic ring is 1. The summed E-state index contributed by atoms with van der Waals surface area (Å²) in [5, 5.41) is 0.426. The van der Waals surface area contributed by atoms with Gasteiger partial charge in [-0.05, 0) is 12.1 Å². The van der Waals surface area contributed by atoms with Crippen molar-refractivity contribution in [3.8, 4) is 11.3 Å². The Bertz CT molecular complexity index is 718. The van der Waals surface area contributed by atoms with Gasteiger partial charge in [-0.2, -0.15) is 13.2 Å². The molecule has 0 amide bonds. The van der Waals surface area contributed by atoms with Crippen LogP contribution in [0.5, 0.6) is 0 Å². The van der Waals surface area contributed by atoms with Crippen molar-refractivity contribution in [3.63, 3.8) is 0 Å². The molecule has 9 heteroatoms. The van der Waals surface area contributed by atoms with Crippen molar-refractivity contribution in [2.75, 3.05) is 12.8 Å².